The molecule has 0 atom stereocenters. The van der Waals surface area contributed by atoms with E-state index in [9.17, 15) is 9.90 Å². The number of phenols is 1. The largest absolute Gasteiger partial charge is 0.506 e. The van der Waals surface area contributed by atoms with Crippen LogP contribution in [0.4, 0.5) is 0 Å². The van der Waals surface area contributed by atoms with E-state index in [-0.39, 0.29) is 10.8 Å². The molecule has 0 aliphatic rings. The van der Waals surface area contributed by atoms with Crippen LogP contribution >= 0.6 is 39.1 Å². The molecule has 21 heavy (non-hydrogen) atoms. The zero-order chi connectivity index (χ0) is 15.4. The second-order valence-corrected chi connectivity index (χ2v) is 5.79. The molecular weight excluding hydrogens is 379 g/mol. The van der Waals surface area contributed by atoms with E-state index in [1.165, 1.54) is 12.3 Å². The number of hydrogen-bond donors (Lipinski definition) is 2. The van der Waals surface area contributed by atoms with Crippen LogP contribution in [-0.4, -0.2) is 17.2 Å². The Hall–Kier alpha value is -1.56. The Labute approximate surface area is 139 Å². The van der Waals surface area contributed by atoms with E-state index in [1.807, 2.05) is 0 Å². The third kappa shape index (κ3) is 4.20. The summed E-state index contributed by atoms with van der Waals surface area (Å²) in [5.74, 6) is -0.519. The molecular formula is C14H9BrCl2N2O2. The summed E-state index contributed by atoms with van der Waals surface area (Å²) in [6.07, 6.45) is 1.30. The smallest absolute Gasteiger partial charge is 0.271 e. The fourth-order valence-corrected chi connectivity index (χ4v) is 2.56. The Bertz CT molecular complexity index is 720. The molecule has 2 aromatic carbocycles. The first kappa shape index (κ1) is 15.8. The van der Waals surface area contributed by atoms with Gasteiger partial charge in [-0.1, -0.05) is 45.2 Å². The van der Waals surface area contributed by atoms with Gasteiger partial charge in [0, 0.05) is 20.6 Å². The van der Waals surface area contributed by atoms with Gasteiger partial charge in [-0.3, -0.25) is 4.79 Å². The van der Waals surface area contributed by atoms with Gasteiger partial charge in [0.2, 0.25) is 0 Å². The number of benzene rings is 2. The zero-order valence-electron chi connectivity index (χ0n) is 10.5. The molecule has 0 bridgehead atoms. The maximum absolute atomic E-state index is 11.8. The molecule has 0 heterocycles. The third-order valence-corrected chi connectivity index (χ3v) is 3.50. The number of nitrogens with zero attached hydrogens (tertiary/aromatic N) is 1. The number of phenolic OH excluding ortho intramolecular Hbond substituents is 1. The molecule has 0 radical (unpaired) electrons. The van der Waals surface area contributed by atoms with Crippen molar-refractivity contribution in [1.29, 1.82) is 0 Å². The van der Waals surface area contributed by atoms with Gasteiger partial charge in [-0.25, -0.2) is 5.43 Å². The molecule has 0 saturated carbocycles. The molecule has 108 valence electrons. The first-order chi connectivity index (χ1) is 9.97. The van der Waals surface area contributed by atoms with Crippen molar-refractivity contribution >= 4 is 51.3 Å². The van der Waals surface area contributed by atoms with E-state index < -0.39 is 5.91 Å². The summed E-state index contributed by atoms with van der Waals surface area (Å²) in [5, 5.41) is 14.2. The van der Waals surface area contributed by atoms with E-state index in [0.717, 1.165) is 0 Å². The van der Waals surface area contributed by atoms with Crippen molar-refractivity contribution in [2.24, 2.45) is 5.10 Å². The first-order valence-electron chi connectivity index (χ1n) is 5.74. The molecule has 0 aliphatic heterocycles. The van der Waals surface area contributed by atoms with E-state index in [2.05, 4.69) is 26.5 Å². The van der Waals surface area contributed by atoms with Gasteiger partial charge in [0.15, 0.2) is 0 Å². The third-order valence-electron chi connectivity index (χ3n) is 2.51. The standard InChI is InChI=1S/C14H9BrCl2N2O2/c15-10-4-9(13(20)12(17)6-10)7-18-19-14(21)8-2-1-3-11(16)5-8/h1-7,20H,(H,19,21). The fraction of sp³-hybridized carbons (Fsp3) is 0. The summed E-state index contributed by atoms with van der Waals surface area (Å²) in [6.45, 7) is 0. The van der Waals surface area contributed by atoms with Crippen LogP contribution in [0.15, 0.2) is 46.0 Å². The molecule has 0 saturated heterocycles. The lowest BCUT2D eigenvalue weighted by Crippen LogP contribution is -2.17. The average Bonchev–Trinajstić information content (AvgIpc) is 2.43. The van der Waals surface area contributed by atoms with E-state index in [4.69, 9.17) is 23.2 Å². The summed E-state index contributed by atoms with van der Waals surface area (Å²) in [5.41, 5.74) is 3.10. The van der Waals surface area contributed by atoms with Crippen molar-refractivity contribution in [3.05, 3.63) is 62.0 Å². The summed E-state index contributed by atoms with van der Waals surface area (Å²) >= 11 is 14.9. The van der Waals surface area contributed by atoms with Gasteiger partial charge in [0.05, 0.1) is 11.2 Å². The summed E-state index contributed by atoms with van der Waals surface area (Å²) < 4.78 is 0.688. The van der Waals surface area contributed by atoms with Crippen LogP contribution in [0.5, 0.6) is 5.75 Å². The predicted octanol–water partition coefficient (Wildman–Crippen LogP) is 4.23. The molecule has 4 nitrogen and oxygen atoms in total. The Kier molecular flexibility index (Phi) is 5.22. The molecule has 2 rings (SSSR count). The minimum atomic E-state index is -0.408. The quantitative estimate of drug-likeness (QED) is 0.611. The molecule has 0 spiro atoms. The van der Waals surface area contributed by atoms with Crippen molar-refractivity contribution in [1.82, 2.24) is 5.43 Å². The van der Waals surface area contributed by atoms with Crippen molar-refractivity contribution in [3.63, 3.8) is 0 Å². The molecule has 7 heteroatoms. The lowest BCUT2D eigenvalue weighted by atomic mass is 10.2. The lowest BCUT2D eigenvalue weighted by molar-refractivity contribution is 0.0955. The predicted molar refractivity (Wildman–Crippen MR) is 87.3 cm³/mol. The summed E-state index contributed by atoms with van der Waals surface area (Å²) in [6, 6.07) is 9.66. The van der Waals surface area contributed by atoms with Crippen LogP contribution in [0.1, 0.15) is 15.9 Å². The van der Waals surface area contributed by atoms with Gasteiger partial charge < -0.3 is 5.11 Å². The molecule has 0 unspecified atom stereocenters. The van der Waals surface area contributed by atoms with Gasteiger partial charge in [-0.2, -0.15) is 5.10 Å². The highest BCUT2D eigenvalue weighted by molar-refractivity contribution is 9.10. The lowest BCUT2D eigenvalue weighted by Gasteiger charge is -2.03. The highest BCUT2D eigenvalue weighted by Gasteiger charge is 2.07. The van der Waals surface area contributed by atoms with Crippen LogP contribution in [0.2, 0.25) is 10.0 Å². The number of amides is 1. The Balaban J connectivity index is 2.11. The second-order valence-electron chi connectivity index (χ2n) is 4.03. The van der Waals surface area contributed by atoms with Crippen LogP contribution in [0.3, 0.4) is 0 Å². The van der Waals surface area contributed by atoms with E-state index in [0.29, 0.717) is 20.6 Å². The summed E-state index contributed by atoms with van der Waals surface area (Å²) in [7, 11) is 0. The normalized spacial score (nSPS) is 10.8. The fourth-order valence-electron chi connectivity index (χ4n) is 1.54. The zero-order valence-corrected chi connectivity index (χ0v) is 13.6. The van der Waals surface area contributed by atoms with Gasteiger partial charge >= 0.3 is 0 Å². The monoisotopic (exact) mass is 386 g/mol. The number of carbonyl (C=O) groups excluding carboxylic acids is 1. The molecule has 0 aromatic heterocycles. The number of halogens is 3. The molecule has 2 N–H and O–H groups in total. The topological polar surface area (TPSA) is 61.7 Å². The van der Waals surface area contributed by atoms with Gasteiger partial charge in [0.25, 0.3) is 5.91 Å². The highest BCUT2D eigenvalue weighted by atomic mass is 79.9. The van der Waals surface area contributed by atoms with Gasteiger partial charge in [0.1, 0.15) is 5.75 Å². The Morgan fingerprint density at radius 1 is 1.29 bits per heavy atom. The van der Waals surface area contributed by atoms with Crippen molar-refractivity contribution < 1.29 is 9.90 Å². The first-order valence-corrected chi connectivity index (χ1v) is 7.29. The van der Waals surface area contributed by atoms with Crippen molar-refractivity contribution in [2.45, 2.75) is 0 Å². The molecule has 2 aromatic rings. The van der Waals surface area contributed by atoms with Crippen LogP contribution in [0, 0.1) is 0 Å². The average molecular weight is 388 g/mol. The number of hydrazone groups is 1. The van der Waals surface area contributed by atoms with Crippen LogP contribution < -0.4 is 5.43 Å². The maximum atomic E-state index is 11.8. The summed E-state index contributed by atoms with van der Waals surface area (Å²) in [4.78, 5) is 11.8. The van der Waals surface area contributed by atoms with E-state index >= 15 is 0 Å². The molecule has 1 amide bonds. The van der Waals surface area contributed by atoms with Gasteiger partial charge in [-0.15, -0.1) is 0 Å². The maximum Gasteiger partial charge on any atom is 0.271 e. The highest BCUT2D eigenvalue weighted by Crippen LogP contribution is 2.30. The number of hydrogen-bond acceptors (Lipinski definition) is 3. The Morgan fingerprint density at radius 3 is 2.76 bits per heavy atom. The number of rotatable bonds is 3. The second kappa shape index (κ2) is 6.93. The molecule has 0 aliphatic carbocycles. The van der Waals surface area contributed by atoms with Gasteiger partial charge in [-0.05, 0) is 30.3 Å². The Morgan fingerprint density at radius 2 is 2.05 bits per heavy atom. The number of aromatic hydroxyl groups is 1. The number of nitrogens with one attached hydrogen (secondary N) is 1. The van der Waals surface area contributed by atoms with E-state index in [1.54, 1.807) is 30.3 Å². The van der Waals surface area contributed by atoms with Crippen LogP contribution in [0.25, 0.3) is 0 Å². The molecule has 0 fully saturated rings. The number of carbonyl (C=O) groups is 1. The minimum Gasteiger partial charge on any atom is -0.506 e. The SMILES string of the molecule is O=C(NN=Cc1cc(Br)cc(Cl)c1O)c1cccc(Cl)c1. The van der Waals surface area contributed by atoms with Crippen LogP contribution in [-0.2, 0) is 0 Å². The minimum absolute atomic E-state index is 0.111. The van der Waals surface area contributed by atoms with Crippen molar-refractivity contribution in [2.75, 3.05) is 0 Å². The van der Waals surface area contributed by atoms with Crippen molar-refractivity contribution in [3.8, 4) is 5.75 Å².